The van der Waals surface area contributed by atoms with Gasteiger partial charge in [0.2, 0.25) is 0 Å². The van der Waals surface area contributed by atoms with Crippen LogP contribution in [0.25, 0.3) is 0 Å². The molecule has 0 aromatic heterocycles. The van der Waals surface area contributed by atoms with Crippen molar-refractivity contribution < 1.29 is 21.1 Å². The number of hydrogen-bond donors (Lipinski definition) is 0. The average molecular weight is 323 g/mol. The van der Waals surface area contributed by atoms with Gasteiger partial charge in [0.25, 0.3) is 0 Å². The Balaban J connectivity index is 0.000001000. The minimum atomic E-state index is 0. The summed E-state index contributed by atoms with van der Waals surface area (Å²) in [5, 5.41) is 0. The number of rotatable bonds is 1. The summed E-state index contributed by atoms with van der Waals surface area (Å²) in [6, 6.07) is 0. The Bertz CT molecular complexity index is 101. The summed E-state index contributed by atoms with van der Waals surface area (Å²) in [4.78, 5) is 0. The summed E-state index contributed by atoms with van der Waals surface area (Å²) in [7, 11) is 0. The van der Waals surface area contributed by atoms with Gasteiger partial charge in [-0.1, -0.05) is 33.1 Å². The molecule has 0 aromatic rings. The van der Waals surface area contributed by atoms with Gasteiger partial charge in [-0.05, 0) is 5.41 Å². The minimum absolute atomic E-state index is 0. The van der Waals surface area contributed by atoms with Gasteiger partial charge in [-0.2, -0.15) is 19.8 Å². The molecule has 1 saturated carbocycles. The van der Waals surface area contributed by atoms with Gasteiger partial charge in [-0.15, -0.1) is 0 Å². The molecule has 0 unspecified atom stereocenters. The second-order valence-electron chi connectivity index (χ2n) is 4.12. The topological polar surface area (TPSA) is 0 Å². The van der Waals surface area contributed by atoms with E-state index in [0.717, 1.165) is 0 Å². The first-order valence-corrected chi connectivity index (χ1v) is 4.47. The van der Waals surface area contributed by atoms with Crippen LogP contribution in [0.15, 0.2) is 0 Å². The molecule has 1 aliphatic carbocycles. The molecule has 0 spiro atoms. The summed E-state index contributed by atoms with van der Waals surface area (Å²) < 4.78 is 0. The molecule has 1 fully saturated rings. The largest absolute Gasteiger partial charge is 0.317 e. The summed E-state index contributed by atoms with van der Waals surface area (Å²) in [6.07, 6.45) is 6.97. The van der Waals surface area contributed by atoms with E-state index in [1.807, 2.05) is 0 Å². The van der Waals surface area contributed by atoms with Gasteiger partial charge in [0.05, 0.1) is 0 Å². The van der Waals surface area contributed by atoms with Gasteiger partial charge in [-0.3, -0.25) is 0 Å². The summed E-state index contributed by atoms with van der Waals surface area (Å²) in [6.45, 7) is 7.05. The molecule has 0 N–H and O–H groups in total. The summed E-state index contributed by atoms with van der Waals surface area (Å²) in [5.41, 5.74) is 0.680. The smallest absolute Gasteiger partial charge is 0 e. The van der Waals surface area contributed by atoms with Crippen LogP contribution >= 0.6 is 0 Å². The fourth-order valence-electron chi connectivity index (χ4n) is 1.63. The third kappa shape index (κ3) is 3.28. The monoisotopic (exact) mass is 323 g/mol. The van der Waals surface area contributed by atoms with Crippen LogP contribution in [0.1, 0.15) is 52.9 Å². The first-order valence-electron chi connectivity index (χ1n) is 4.47. The first kappa shape index (κ1) is 11.7. The molecule has 0 nitrogen and oxygen atoms in total. The zero-order valence-electron chi connectivity index (χ0n) is 7.94. The van der Waals surface area contributed by atoms with E-state index in [9.17, 15) is 0 Å². The SMILES string of the molecule is CCC1(C)CC[C-](C)CC1.[W]. The zero-order valence-corrected chi connectivity index (χ0v) is 10.9. The molecule has 66 valence electrons. The van der Waals surface area contributed by atoms with E-state index < -0.39 is 0 Å². The van der Waals surface area contributed by atoms with Crippen molar-refractivity contribution in [3.05, 3.63) is 5.92 Å². The predicted molar refractivity (Wildman–Crippen MR) is 45.8 cm³/mol. The second-order valence-corrected chi connectivity index (χ2v) is 4.12. The quantitative estimate of drug-likeness (QED) is 0.647. The normalized spacial score (nSPS) is 24.3. The van der Waals surface area contributed by atoms with Crippen LogP contribution < -0.4 is 0 Å². The predicted octanol–water partition coefficient (Wildman–Crippen LogP) is 3.57. The first-order chi connectivity index (χ1) is 4.66. The molecule has 0 radical (unpaired) electrons. The van der Waals surface area contributed by atoms with Crippen LogP contribution in [-0.4, -0.2) is 0 Å². The van der Waals surface area contributed by atoms with Crippen molar-refractivity contribution >= 4 is 0 Å². The molecular formula is C10H19W-. The maximum absolute atomic E-state index is 2.43. The van der Waals surface area contributed by atoms with Gasteiger partial charge in [0, 0.05) is 21.1 Å². The Morgan fingerprint density at radius 3 is 2.09 bits per heavy atom. The summed E-state index contributed by atoms with van der Waals surface area (Å²) >= 11 is 0. The van der Waals surface area contributed by atoms with Crippen LogP contribution in [0.4, 0.5) is 0 Å². The fourth-order valence-corrected chi connectivity index (χ4v) is 1.63. The summed E-state index contributed by atoms with van der Waals surface area (Å²) in [5.74, 6) is 1.71. The van der Waals surface area contributed by atoms with Crippen molar-refractivity contribution in [2.24, 2.45) is 5.41 Å². The van der Waals surface area contributed by atoms with Crippen molar-refractivity contribution in [2.45, 2.75) is 52.9 Å². The standard InChI is InChI=1S/C10H19.W/c1-4-10(3)7-5-9(2)6-8-10;/h4-8H2,1-3H3;/q-1;. The van der Waals surface area contributed by atoms with E-state index in [-0.39, 0.29) is 21.1 Å². The molecule has 1 rings (SSSR count). The zero-order chi connectivity index (χ0) is 7.61. The Kier molecular flexibility index (Phi) is 4.94. The molecule has 1 heteroatoms. The molecule has 0 aliphatic heterocycles. The Morgan fingerprint density at radius 2 is 1.73 bits per heavy atom. The minimum Gasteiger partial charge on any atom is -0.317 e. The third-order valence-corrected chi connectivity index (χ3v) is 3.16. The molecule has 0 bridgehead atoms. The average Bonchev–Trinajstić information content (AvgIpc) is 1.96. The van der Waals surface area contributed by atoms with Crippen LogP contribution in [0.3, 0.4) is 0 Å². The van der Waals surface area contributed by atoms with E-state index in [2.05, 4.69) is 20.8 Å². The molecule has 1 aliphatic rings. The van der Waals surface area contributed by atoms with Gasteiger partial charge in [-0.25, -0.2) is 0 Å². The molecule has 0 amide bonds. The van der Waals surface area contributed by atoms with Crippen molar-refractivity contribution in [1.29, 1.82) is 0 Å². The Morgan fingerprint density at radius 1 is 1.27 bits per heavy atom. The van der Waals surface area contributed by atoms with Crippen LogP contribution in [0.5, 0.6) is 0 Å². The van der Waals surface area contributed by atoms with E-state index in [1.165, 1.54) is 32.1 Å². The van der Waals surface area contributed by atoms with Crippen molar-refractivity contribution in [2.75, 3.05) is 0 Å². The van der Waals surface area contributed by atoms with E-state index in [0.29, 0.717) is 5.41 Å². The van der Waals surface area contributed by atoms with Crippen LogP contribution in [0, 0.1) is 11.3 Å². The van der Waals surface area contributed by atoms with Gasteiger partial charge in [0.1, 0.15) is 0 Å². The number of hydrogen-bond acceptors (Lipinski definition) is 0. The van der Waals surface area contributed by atoms with E-state index in [1.54, 1.807) is 5.92 Å². The molecule has 0 atom stereocenters. The maximum Gasteiger partial charge on any atom is 0 e. The molecule has 0 heterocycles. The molecule has 0 saturated heterocycles. The maximum atomic E-state index is 2.43. The van der Waals surface area contributed by atoms with Gasteiger partial charge < -0.3 is 5.92 Å². The van der Waals surface area contributed by atoms with Crippen LogP contribution in [0.2, 0.25) is 0 Å². The fraction of sp³-hybridized carbons (Fsp3) is 0.900. The van der Waals surface area contributed by atoms with E-state index in [4.69, 9.17) is 0 Å². The molecule has 0 aromatic carbocycles. The second kappa shape index (κ2) is 4.65. The Hall–Kier alpha value is 0.688. The van der Waals surface area contributed by atoms with E-state index >= 15 is 0 Å². The molecular weight excluding hydrogens is 304 g/mol. The van der Waals surface area contributed by atoms with Crippen molar-refractivity contribution in [3.63, 3.8) is 0 Å². The third-order valence-electron chi connectivity index (χ3n) is 3.16. The van der Waals surface area contributed by atoms with Crippen LogP contribution in [-0.2, 0) is 21.1 Å². The van der Waals surface area contributed by atoms with Gasteiger partial charge >= 0.3 is 0 Å². The van der Waals surface area contributed by atoms with Crippen molar-refractivity contribution in [3.8, 4) is 0 Å². The molecule has 11 heavy (non-hydrogen) atoms. The van der Waals surface area contributed by atoms with Gasteiger partial charge in [0.15, 0.2) is 0 Å². The van der Waals surface area contributed by atoms with Crippen molar-refractivity contribution in [1.82, 2.24) is 0 Å². The Labute approximate surface area is 85.4 Å².